The molecule has 21 heavy (non-hydrogen) atoms. The Labute approximate surface area is 126 Å². The van der Waals surface area contributed by atoms with E-state index in [1.807, 2.05) is 10.9 Å². The zero-order valence-corrected chi connectivity index (χ0v) is 12.8. The second kappa shape index (κ2) is 6.41. The molecule has 2 heterocycles. The van der Waals surface area contributed by atoms with Crippen molar-refractivity contribution in [3.63, 3.8) is 0 Å². The van der Waals surface area contributed by atoms with E-state index in [1.165, 1.54) is 22.3 Å². The molecule has 1 aliphatic heterocycles. The summed E-state index contributed by atoms with van der Waals surface area (Å²) in [6, 6.07) is 6.87. The molecule has 4 heteroatoms. The van der Waals surface area contributed by atoms with Crippen molar-refractivity contribution in [3.05, 3.63) is 52.8 Å². The molecule has 3 rings (SSSR count). The standard InChI is InChI=1S/C17H23N3O/c1-3-7-20-10-16(9-19-20)17(18-4-2)13-5-6-14-11-21-12-15(14)8-13/h5-6,8-10,17-18H,3-4,7,11-12H2,1-2H3. The van der Waals surface area contributed by atoms with Gasteiger partial charge in [0, 0.05) is 18.3 Å². The average molecular weight is 285 g/mol. The fraction of sp³-hybridized carbons (Fsp3) is 0.471. The minimum atomic E-state index is 0.200. The largest absolute Gasteiger partial charge is 0.372 e. The summed E-state index contributed by atoms with van der Waals surface area (Å²) in [6.07, 6.45) is 5.23. The minimum absolute atomic E-state index is 0.200. The molecule has 0 aliphatic carbocycles. The van der Waals surface area contributed by atoms with Crippen molar-refractivity contribution in [2.75, 3.05) is 6.54 Å². The fourth-order valence-electron chi connectivity index (χ4n) is 2.88. The molecule has 1 aromatic carbocycles. The third-order valence-electron chi connectivity index (χ3n) is 3.93. The average Bonchev–Trinajstić information content (AvgIpc) is 3.13. The van der Waals surface area contributed by atoms with Crippen LogP contribution in [0.2, 0.25) is 0 Å². The Morgan fingerprint density at radius 2 is 2.10 bits per heavy atom. The minimum Gasteiger partial charge on any atom is -0.372 e. The summed E-state index contributed by atoms with van der Waals surface area (Å²) in [5.41, 5.74) is 5.15. The molecular formula is C17H23N3O. The lowest BCUT2D eigenvalue weighted by Gasteiger charge is -2.17. The molecule has 1 aliphatic rings. The smallest absolute Gasteiger partial charge is 0.0725 e. The van der Waals surface area contributed by atoms with Gasteiger partial charge in [-0.15, -0.1) is 0 Å². The number of benzene rings is 1. The van der Waals surface area contributed by atoms with E-state index in [9.17, 15) is 0 Å². The summed E-state index contributed by atoms with van der Waals surface area (Å²) in [5, 5.41) is 8.03. The van der Waals surface area contributed by atoms with Gasteiger partial charge in [-0.05, 0) is 29.7 Å². The highest BCUT2D eigenvalue weighted by Crippen LogP contribution is 2.27. The number of hydrogen-bond acceptors (Lipinski definition) is 3. The number of aryl methyl sites for hydroxylation is 1. The second-order valence-electron chi connectivity index (χ2n) is 5.55. The van der Waals surface area contributed by atoms with Gasteiger partial charge in [0.1, 0.15) is 0 Å². The first-order valence-corrected chi connectivity index (χ1v) is 7.77. The van der Waals surface area contributed by atoms with E-state index in [4.69, 9.17) is 4.74 Å². The van der Waals surface area contributed by atoms with Gasteiger partial charge in [0.05, 0.1) is 25.5 Å². The number of fused-ring (bicyclic) bond motifs is 1. The van der Waals surface area contributed by atoms with Crippen LogP contribution in [0.4, 0.5) is 0 Å². The van der Waals surface area contributed by atoms with Crippen molar-refractivity contribution in [3.8, 4) is 0 Å². The molecule has 0 bridgehead atoms. The first-order valence-electron chi connectivity index (χ1n) is 7.77. The topological polar surface area (TPSA) is 39.1 Å². The molecule has 0 spiro atoms. The Morgan fingerprint density at radius 3 is 2.90 bits per heavy atom. The maximum Gasteiger partial charge on any atom is 0.0725 e. The summed E-state index contributed by atoms with van der Waals surface area (Å²) >= 11 is 0. The van der Waals surface area contributed by atoms with Gasteiger partial charge in [0.15, 0.2) is 0 Å². The Kier molecular flexibility index (Phi) is 4.36. The molecule has 1 unspecified atom stereocenters. The van der Waals surface area contributed by atoms with Crippen LogP contribution in [0.5, 0.6) is 0 Å². The molecule has 1 atom stereocenters. The molecule has 0 fully saturated rings. The van der Waals surface area contributed by atoms with Crippen LogP contribution in [0.1, 0.15) is 48.6 Å². The van der Waals surface area contributed by atoms with Crippen molar-refractivity contribution in [2.45, 2.75) is 46.1 Å². The Balaban J connectivity index is 1.89. The van der Waals surface area contributed by atoms with Crippen molar-refractivity contribution in [1.29, 1.82) is 0 Å². The van der Waals surface area contributed by atoms with Crippen molar-refractivity contribution >= 4 is 0 Å². The SMILES string of the molecule is CCCn1cc(C(NCC)c2ccc3c(c2)COC3)cn1. The van der Waals surface area contributed by atoms with Gasteiger partial charge in [0.25, 0.3) is 0 Å². The number of ether oxygens (including phenoxy) is 1. The van der Waals surface area contributed by atoms with E-state index in [-0.39, 0.29) is 6.04 Å². The first kappa shape index (κ1) is 14.3. The van der Waals surface area contributed by atoms with Crippen LogP contribution < -0.4 is 5.32 Å². The van der Waals surface area contributed by atoms with E-state index in [1.54, 1.807) is 0 Å². The van der Waals surface area contributed by atoms with E-state index < -0.39 is 0 Å². The van der Waals surface area contributed by atoms with Crippen LogP contribution in [-0.4, -0.2) is 16.3 Å². The number of nitrogens with one attached hydrogen (secondary N) is 1. The highest BCUT2D eigenvalue weighted by atomic mass is 16.5. The lowest BCUT2D eigenvalue weighted by molar-refractivity contribution is 0.134. The van der Waals surface area contributed by atoms with Crippen molar-refractivity contribution in [2.24, 2.45) is 0 Å². The Morgan fingerprint density at radius 1 is 1.24 bits per heavy atom. The molecule has 4 nitrogen and oxygen atoms in total. The highest BCUT2D eigenvalue weighted by molar-refractivity contribution is 5.38. The molecule has 0 radical (unpaired) electrons. The third-order valence-corrected chi connectivity index (χ3v) is 3.93. The van der Waals surface area contributed by atoms with Gasteiger partial charge in [-0.3, -0.25) is 4.68 Å². The zero-order valence-electron chi connectivity index (χ0n) is 12.8. The monoisotopic (exact) mass is 285 g/mol. The van der Waals surface area contributed by atoms with Crippen LogP contribution in [0.3, 0.4) is 0 Å². The lowest BCUT2D eigenvalue weighted by atomic mass is 9.97. The molecule has 112 valence electrons. The van der Waals surface area contributed by atoms with E-state index >= 15 is 0 Å². The quantitative estimate of drug-likeness (QED) is 0.886. The van der Waals surface area contributed by atoms with Gasteiger partial charge in [-0.25, -0.2) is 0 Å². The normalized spacial score (nSPS) is 15.1. The number of hydrogen-bond donors (Lipinski definition) is 1. The predicted octanol–water partition coefficient (Wildman–Crippen LogP) is 3.02. The predicted molar refractivity (Wildman–Crippen MR) is 83.0 cm³/mol. The zero-order chi connectivity index (χ0) is 14.7. The molecule has 1 aromatic heterocycles. The van der Waals surface area contributed by atoms with Crippen molar-refractivity contribution < 1.29 is 4.74 Å². The summed E-state index contributed by atoms with van der Waals surface area (Å²) in [7, 11) is 0. The number of rotatable bonds is 6. The van der Waals surface area contributed by atoms with Gasteiger partial charge < -0.3 is 10.1 Å². The molecular weight excluding hydrogens is 262 g/mol. The number of nitrogens with zero attached hydrogens (tertiary/aromatic N) is 2. The van der Waals surface area contributed by atoms with Crippen molar-refractivity contribution in [1.82, 2.24) is 15.1 Å². The van der Waals surface area contributed by atoms with Gasteiger partial charge in [-0.1, -0.05) is 32.0 Å². The van der Waals surface area contributed by atoms with E-state index in [2.05, 4.69) is 48.7 Å². The van der Waals surface area contributed by atoms with E-state index in [0.717, 1.165) is 32.7 Å². The molecule has 0 saturated carbocycles. The van der Waals surface area contributed by atoms with Crippen LogP contribution in [-0.2, 0) is 24.5 Å². The Bertz CT molecular complexity index is 606. The summed E-state index contributed by atoms with van der Waals surface area (Å²) in [4.78, 5) is 0. The van der Waals surface area contributed by atoms with Crippen LogP contribution in [0, 0.1) is 0 Å². The van der Waals surface area contributed by atoms with Crippen LogP contribution in [0.15, 0.2) is 30.6 Å². The summed E-state index contributed by atoms with van der Waals surface area (Å²) < 4.78 is 7.54. The third kappa shape index (κ3) is 3.01. The maximum absolute atomic E-state index is 5.51. The lowest BCUT2D eigenvalue weighted by Crippen LogP contribution is -2.21. The van der Waals surface area contributed by atoms with Gasteiger partial charge in [0.2, 0.25) is 0 Å². The van der Waals surface area contributed by atoms with Crippen LogP contribution >= 0.6 is 0 Å². The fourth-order valence-corrected chi connectivity index (χ4v) is 2.88. The molecule has 1 N–H and O–H groups in total. The number of aromatic nitrogens is 2. The van der Waals surface area contributed by atoms with Gasteiger partial charge >= 0.3 is 0 Å². The Hall–Kier alpha value is -1.65. The summed E-state index contributed by atoms with van der Waals surface area (Å²) in [6.45, 7) is 7.69. The molecule has 0 amide bonds. The summed E-state index contributed by atoms with van der Waals surface area (Å²) in [5.74, 6) is 0. The highest BCUT2D eigenvalue weighted by Gasteiger charge is 2.18. The molecule has 2 aromatic rings. The first-order chi connectivity index (χ1) is 10.3. The van der Waals surface area contributed by atoms with Gasteiger partial charge in [-0.2, -0.15) is 5.10 Å². The van der Waals surface area contributed by atoms with Crippen LogP contribution in [0.25, 0.3) is 0 Å². The second-order valence-corrected chi connectivity index (χ2v) is 5.55. The maximum atomic E-state index is 5.51. The van der Waals surface area contributed by atoms with E-state index in [0.29, 0.717) is 0 Å². The molecule has 0 saturated heterocycles.